The first-order chi connectivity index (χ1) is 12.5. The fourth-order valence-corrected chi connectivity index (χ4v) is 3.91. The molecule has 0 bridgehead atoms. The topological polar surface area (TPSA) is 85.5 Å². The van der Waals surface area contributed by atoms with E-state index >= 15 is 0 Å². The van der Waals surface area contributed by atoms with Crippen molar-refractivity contribution in [2.75, 3.05) is 17.2 Å². The number of nitrogen functional groups attached to an aromatic ring is 1. The first-order valence-electron chi connectivity index (χ1n) is 8.29. The van der Waals surface area contributed by atoms with Gasteiger partial charge in [0.05, 0.1) is 15.8 Å². The number of para-hydroxylation sites is 1. The Labute approximate surface area is 154 Å². The van der Waals surface area contributed by atoms with Crippen molar-refractivity contribution in [3.05, 3.63) is 53.6 Å². The highest BCUT2D eigenvalue weighted by Crippen LogP contribution is 2.29. The van der Waals surface area contributed by atoms with Crippen LogP contribution in [0.3, 0.4) is 0 Å². The Balaban J connectivity index is 1.49. The average molecular weight is 367 g/mol. The smallest absolute Gasteiger partial charge is 0.338 e. The van der Waals surface area contributed by atoms with Crippen LogP contribution in [0.25, 0.3) is 10.2 Å². The van der Waals surface area contributed by atoms with Crippen LogP contribution < -0.4 is 10.6 Å². The van der Waals surface area contributed by atoms with Crippen LogP contribution in [-0.2, 0) is 16.0 Å². The van der Waals surface area contributed by atoms with Gasteiger partial charge in [-0.3, -0.25) is 4.79 Å². The number of hydrogen-bond donors (Lipinski definition) is 1. The Bertz CT molecular complexity index is 1010. The maximum Gasteiger partial charge on any atom is 0.338 e. The Hall–Kier alpha value is -2.93. The molecule has 1 atom stereocenters. The second-order valence-corrected chi connectivity index (χ2v) is 7.21. The van der Waals surface area contributed by atoms with Gasteiger partial charge in [0.1, 0.15) is 0 Å². The van der Waals surface area contributed by atoms with E-state index in [-0.39, 0.29) is 5.91 Å². The molecule has 0 saturated carbocycles. The van der Waals surface area contributed by atoms with Crippen LogP contribution in [0.1, 0.15) is 22.8 Å². The average Bonchev–Trinajstić information content (AvgIpc) is 3.22. The minimum atomic E-state index is -0.865. The van der Waals surface area contributed by atoms with E-state index in [0.717, 1.165) is 27.9 Å². The second-order valence-electron chi connectivity index (χ2n) is 6.15. The van der Waals surface area contributed by atoms with Crippen molar-refractivity contribution in [2.45, 2.75) is 19.4 Å². The van der Waals surface area contributed by atoms with Crippen LogP contribution in [0.5, 0.6) is 0 Å². The zero-order valence-electron chi connectivity index (χ0n) is 14.1. The van der Waals surface area contributed by atoms with Crippen LogP contribution >= 0.6 is 11.3 Å². The van der Waals surface area contributed by atoms with E-state index in [1.165, 1.54) is 11.3 Å². The lowest BCUT2D eigenvalue weighted by Crippen LogP contribution is -2.39. The summed E-state index contributed by atoms with van der Waals surface area (Å²) in [6.07, 6.45) is -0.0534. The molecule has 26 heavy (non-hydrogen) atoms. The molecule has 2 aromatic carbocycles. The highest BCUT2D eigenvalue weighted by molar-refractivity contribution is 7.22. The molecule has 2 N–H and O–H groups in total. The third-order valence-electron chi connectivity index (χ3n) is 4.43. The lowest BCUT2D eigenvalue weighted by atomic mass is 10.2. The molecule has 3 aromatic rings. The van der Waals surface area contributed by atoms with Crippen molar-refractivity contribution in [2.24, 2.45) is 0 Å². The van der Waals surface area contributed by atoms with Crippen molar-refractivity contribution in [3.8, 4) is 0 Å². The third kappa shape index (κ3) is 2.90. The number of esters is 1. The number of thiazole rings is 1. The predicted molar refractivity (Wildman–Crippen MR) is 101 cm³/mol. The van der Waals surface area contributed by atoms with Crippen molar-refractivity contribution in [1.82, 2.24) is 4.98 Å². The summed E-state index contributed by atoms with van der Waals surface area (Å²) >= 11 is 1.31. The molecule has 1 amide bonds. The number of fused-ring (bicyclic) bond motifs is 2. The lowest BCUT2D eigenvalue weighted by molar-refractivity contribution is -0.126. The maximum absolute atomic E-state index is 12.7. The number of nitrogens with two attached hydrogens (primary N) is 1. The molecule has 0 radical (unpaired) electrons. The zero-order valence-corrected chi connectivity index (χ0v) is 15.0. The Morgan fingerprint density at radius 3 is 2.92 bits per heavy atom. The molecule has 2 heterocycles. The predicted octanol–water partition coefficient (Wildman–Crippen LogP) is 3.01. The van der Waals surface area contributed by atoms with Gasteiger partial charge >= 0.3 is 5.97 Å². The molecule has 0 spiro atoms. The van der Waals surface area contributed by atoms with Gasteiger partial charge in [0.2, 0.25) is 0 Å². The summed E-state index contributed by atoms with van der Waals surface area (Å²) in [7, 11) is 0. The van der Waals surface area contributed by atoms with Gasteiger partial charge in [0, 0.05) is 12.2 Å². The monoisotopic (exact) mass is 367 g/mol. The normalized spacial score (nSPS) is 14.3. The number of aromatic nitrogens is 1. The van der Waals surface area contributed by atoms with Crippen LogP contribution in [0.2, 0.25) is 0 Å². The van der Waals surface area contributed by atoms with E-state index in [1.54, 1.807) is 30.0 Å². The van der Waals surface area contributed by atoms with E-state index in [4.69, 9.17) is 10.5 Å². The second kappa shape index (κ2) is 6.42. The van der Waals surface area contributed by atoms with Gasteiger partial charge in [-0.2, -0.15) is 0 Å². The summed E-state index contributed by atoms with van der Waals surface area (Å²) < 4.78 is 6.21. The molecule has 7 heteroatoms. The number of carbonyl (C=O) groups is 2. The van der Waals surface area contributed by atoms with Gasteiger partial charge in [0.15, 0.2) is 11.2 Å². The minimum Gasteiger partial charge on any atom is -0.449 e. The summed E-state index contributed by atoms with van der Waals surface area (Å²) in [4.78, 5) is 31.0. The zero-order chi connectivity index (χ0) is 18.3. The summed E-state index contributed by atoms with van der Waals surface area (Å²) in [5.74, 6) is -0.751. The molecule has 1 unspecified atom stereocenters. The van der Waals surface area contributed by atoms with E-state index in [9.17, 15) is 9.59 Å². The van der Waals surface area contributed by atoms with Crippen LogP contribution in [-0.4, -0.2) is 29.5 Å². The number of nitrogens with zero attached hydrogens (tertiary/aromatic N) is 2. The summed E-state index contributed by atoms with van der Waals surface area (Å²) in [5, 5.41) is 0.446. The number of benzene rings is 2. The Morgan fingerprint density at radius 2 is 2.08 bits per heavy atom. The van der Waals surface area contributed by atoms with Gasteiger partial charge in [-0.25, -0.2) is 9.78 Å². The molecule has 1 aliphatic rings. The van der Waals surface area contributed by atoms with E-state index in [0.29, 0.717) is 17.2 Å². The molecule has 6 nitrogen and oxygen atoms in total. The fraction of sp³-hybridized carbons (Fsp3) is 0.211. The standard InChI is InChI=1S/C19H17N3O3S/c1-11(17(23)22-9-8-12-4-2-3-5-15(12)22)25-18(24)13-6-7-14-16(10-13)26-19(20)21-14/h2-7,10-11H,8-9H2,1H3,(H2,20,21). The minimum absolute atomic E-state index is 0.216. The summed E-state index contributed by atoms with van der Waals surface area (Å²) in [5.41, 5.74) is 8.83. The van der Waals surface area contributed by atoms with Gasteiger partial charge in [-0.05, 0) is 43.2 Å². The first-order valence-corrected chi connectivity index (χ1v) is 9.11. The molecular formula is C19H17N3O3S. The third-order valence-corrected chi connectivity index (χ3v) is 5.27. The highest BCUT2D eigenvalue weighted by atomic mass is 32.1. The number of amides is 1. The molecule has 4 rings (SSSR count). The van der Waals surface area contributed by atoms with E-state index in [1.807, 2.05) is 24.3 Å². The molecule has 1 aliphatic heterocycles. The lowest BCUT2D eigenvalue weighted by Gasteiger charge is -2.21. The molecule has 132 valence electrons. The SMILES string of the molecule is CC(OC(=O)c1ccc2nc(N)sc2c1)C(=O)N1CCc2ccccc21. The fourth-order valence-electron chi connectivity index (χ4n) is 3.14. The maximum atomic E-state index is 12.7. The molecule has 0 fully saturated rings. The Morgan fingerprint density at radius 1 is 1.27 bits per heavy atom. The number of hydrogen-bond acceptors (Lipinski definition) is 6. The summed E-state index contributed by atoms with van der Waals surface area (Å²) in [6.45, 7) is 2.20. The van der Waals surface area contributed by atoms with Crippen LogP contribution in [0.4, 0.5) is 10.8 Å². The summed E-state index contributed by atoms with van der Waals surface area (Å²) in [6, 6.07) is 12.8. The quantitative estimate of drug-likeness (QED) is 0.719. The largest absolute Gasteiger partial charge is 0.449 e. The van der Waals surface area contributed by atoms with Crippen molar-refractivity contribution in [1.29, 1.82) is 0 Å². The van der Waals surface area contributed by atoms with E-state index < -0.39 is 12.1 Å². The highest BCUT2D eigenvalue weighted by Gasteiger charge is 2.30. The van der Waals surface area contributed by atoms with Crippen molar-refractivity contribution in [3.63, 3.8) is 0 Å². The Kier molecular flexibility index (Phi) is 4.08. The van der Waals surface area contributed by atoms with Gasteiger partial charge in [-0.15, -0.1) is 0 Å². The van der Waals surface area contributed by atoms with Crippen molar-refractivity contribution >= 4 is 44.2 Å². The van der Waals surface area contributed by atoms with Crippen molar-refractivity contribution < 1.29 is 14.3 Å². The number of rotatable bonds is 3. The van der Waals surface area contributed by atoms with E-state index in [2.05, 4.69) is 4.98 Å². The van der Waals surface area contributed by atoms with Gasteiger partial charge < -0.3 is 15.4 Å². The number of ether oxygens (including phenoxy) is 1. The van der Waals surface area contributed by atoms with Gasteiger partial charge in [0.25, 0.3) is 5.91 Å². The molecule has 0 aliphatic carbocycles. The molecule has 0 saturated heterocycles. The number of carbonyl (C=O) groups excluding carboxylic acids is 2. The number of anilines is 2. The van der Waals surface area contributed by atoms with Crippen LogP contribution in [0.15, 0.2) is 42.5 Å². The first kappa shape index (κ1) is 16.5. The van der Waals surface area contributed by atoms with Gasteiger partial charge in [-0.1, -0.05) is 29.5 Å². The molecule has 1 aromatic heterocycles. The molecular weight excluding hydrogens is 350 g/mol. The van der Waals surface area contributed by atoms with Crippen LogP contribution in [0, 0.1) is 0 Å².